The minimum Gasteiger partial charge on any atom is -0.444 e. The molecule has 2 aromatic carbocycles. The standard InChI is InChI=1S/C27H27N3O5S2/c1-16(31)24-15-28-25(36-24)23-14-20-18-10-12-21(29-26(32)35-27(2,3)4)19(18)11-13-22(20)30(23)37(33,34)17-8-6-5-7-9-17/h5-9,11,13-15,21H,10,12H2,1-4H3,(H,29,32)/t21-/m1/s1. The van der Waals surface area contributed by atoms with Crippen LogP contribution in [0, 0.1) is 0 Å². The highest BCUT2D eigenvalue weighted by Gasteiger charge is 2.31. The number of alkyl carbamates (subject to hydrolysis) is 1. The fourth-order valence-electron chi connectivity index (χ4n) is 4.64. The van der Waals surface area contributed by atoms with Crippen molar-refractivity contribution in [3.8, 4) is 10.7 Å². The SMILES string of the molecule is CC(=O)c1cnc(-c2cc3c4c(ccc3n2S(=O)(=O)c2ccccc2)[C@H](NC(=O)OC(C)(C)C)CC4)s1. The van der Waals surface area contributed by atoms with Gasteiger partial charge in [-0.05, 0) is 69.0 Å². The number of thiazole rings is 1. The Labute approximate surface area is 219 Å². The van der Waals surface area contributed by atoms with Crippen LogP contribution in [0.25, 0.3) is 21.6 Å². The van der Waals surface area contributed by atoms with Crippen LogP contribution in [0.3, 0.4) is 0 Å². The summed E-state index contributed by atoms with van der Waals surface area (Å²) in [6.45, 7) is 6.89. The molecule has 4 aromatic rings. The number of nitrogens with zero attached hydrogens (tertiary/aromatic N) is 2. The second-order valence-electron chi connectivity index (χ2n) is 10.0. The molecule has 0 bridgehead atoms. The van der Waals surface area contributed by atoms with E-state index in [-0.39, 0.29) is 16.7 Å². The molecule has 0 aliphatic heterocycles. The molecule has 192 valence electrons. The highest BCUT2D eigenvalue weighted by molar-refractivity contribution is 7.90. The smallest absolute Gasteiger partial charge is 0.408 e. The summed E-state index contributed by atoms with van der Waals surface area (Å²) in [4.78, 5) is 29.4. The second-order valence-corrected chi connectivity index (χ2v) is 12.8. The number of hydrogen-bond acceptors (Lipinski definition) is 7. The molecule has 0 radical (unpaired) electrons. The van der Waals surface area contributed by atoms with Crippen molar-refractivity contribution in [2.45, 2.75) is 57.1 Å². The summed E-state index contributed by atoms with van der Waals surface area (Å²) in [5.74, 6) is -0.130. The van der Waals surface area contributed by atoms with E-state index < -0.39 is 21.7 Å². The Morgan fingerprint density at radius 3 is 2.51 bits per heavy atom. The maximum atomic E-state index is 13.9. The zero-order chi connectivity index (χ0) is 26.5. The van der Waals surface area contributed by atoms with E-state index in [1.165, 1.54) is 17.1 Å². The summed E-state index contributed by atoms with van der Waals surface area (Å²) in [5.41, 5.74) is 2.22. The van der Waals surface area contributed by atoms with Gasteiger partial charge in [-0.3, -0.25) is 4.79 Å². The molecule has 1 aliphatic carbocycles. The summed E-state index contributed by atoms with van der Waals surface area (Å²) >= 11 is 1.16. The first-order valence-electron chi connectivity index (χ1n) is 11.9. The Morgan fingerprint density at radius 1 is 1.14 bits per heavy atom. The third-order valence-electron chi connectivity index (χ3n) is 6.19. The van der Waals surface area contributed by atoms with E-state index in [9.17, 15) is 18.0 Å². The molecule has 5 rings (SSSR count). The van der Waals surface area contributed by atoms with Gasteiger partial charge in [0.15, 0.2) is 5.78 Å². The molecule has 1 N–H and O–H groups in total. The van der Waals surface area contributed by atoms with Crippen LogP contribution in [0.2, 0.25) is 0 Å². The number of hydrogen-bond donors (Lipinski definition) is 1. The first-order valence-corrected chi connectivity index (χ1v) is 14.2. The van der Waals surface area contributed by atoms with Crippen LogP contribution in [0.1, 0.15) is 61.0 Å². The Kier molecular flexibility index (Phi) is 6.19. The highest BCUT2D eigenvalue weighted by atomic mass is 32.2. The van der Waals surface area contributed by atoms with Crippen LogP contribution in [0.4, 0.5) is 4.79 Å². The number of fused-ring (bicyclic) bond motifs is 3. The van der Waals surface area contributed by atoms with Gasteiger partial charge in [-0.25, -0.2) is 22.2 Å². The van der Waals surface area contributed by atoms with Crippen molar-refractivity contribution in [1.29, 1.82) is 0 Å². The maximum absolute atomic E-state index is 13.9. The van der Waals surface area contributed by atoms with Gasteiger partial charge in [0.1, 0.15) is 10.6 Å². The van der Waals surface area contributed by atoms with Gasteiger partial charge in [0.25, 0.3) is 10.0 Å². The van der Waals surface area contributed by atoms with Crippen molar-refractivity contribution in [2.75, 3.05) is 0 Å². The van der Waals surface area contributed by atoms with Crippen molar-refractivity contribution in [3.05, 3.63) is 70.7 Å². The van der Waals surface area contributed by atoms with E-state index in [2.05, 4.69) is 10.3 Å². The van der Waals surface area contributed by atoms with Gasteiger partial charge < -0.3 is 10.1 Å². The van der Waals surface area contributed by atoms with Gasteiger partial charge in [0, 0.05) is 18.5 Å². The molecule has 0 saturated heterocycles. The van der Waals surface area contributed by atoms with Gasteiger partial charge in [0.05, 0.1) is 27.0 Å². The van der Waals surface area contributed by atoms with Gasteiger partial charge in [-0.1, -0.05) is 24.3 Å². The third-order valence-corrected chi connectivity index (χ3v) is 9.05. The largest absolute Gasteiger partial charge is 0.444 e. The average Bonchev–Trinajstić information content (AvgIpc) is 3.55. The van der Waals surface area contributed by atoms with Crippen molar-refractivity contribution in [1.82, 2.24) is 14.3 Å². The predicted octanol–water partition coefficient (Wildman–Crippen LogP) is 5.72. The molecule has 37 heavy (non-hydrogen) atoms. The molecule has 2 heterocycles. The van der Waals surface area contributed by atoms with Crippen LogP contribution in [-0.2, 0) is 21.2 Å². The molecule has 0 saturated carbocycles. The van der Waals surface area contributed by atoms with Crippen LogP contribution in [0.5, 0.6) is 0 Å². The quantitative estimate of drug-likeness (QED) is 0.327. The second kappa shape index (κ2) is 9.11. The number of aryl methyl sites for hydroxylation is 1. The minimum atomic E-state index is -3.97. The molecular formula is C27H27N3O5S2. The van der Waals surface area contributed by atoms with Crippen LogP contribution in [-0.4, -0.2) is 34.9 Å². The van der Waals surface area contributed by atoms with Gasteiger partial charge in [-0.2, -0.15) is 0 Å². The van der Waals surface area contributed by atoms with Gasteiger partial charge >= 0.3 is 6.09 Å². The molecule has 0 spiro atoms. The Hall–Kier alpha value is -3.50. The molecule has 0 unspecified atom stereocenters. The number of nitrogens with one attached hydrogen (secondary N) is 1. The lowest BCUT2D eigenvalue weighted by Crippen LogP contribution is -2.34. The maximum Gasteiger partial charge on any atom is 0.408 e. The normalized spacial score (nSPS) is 15.5. The Bertz CT molecular complexity index is 1630. The fraction of sp³-hybridized carbons (Fsp3) is 0.296. The number of amides is 1. The molecule has 1 atom stereocenters. The Balaban J connectivity index is 1.66. The number of carbonyl (C=O) groups excluding carboxylic acids is 2. The lowest BCUT2D eigenvalue weighted by atomic mass is 10.0. The predicted molar refractivity (Wildman–Crippen MR) is 143 cm³/mol. The zero-order valence-corrected chi connectivity index (χ0v) is 22.6. The molecule has 8 nitrogen and oxygen atoms in total. The number of rotatable bonds is 5. The highest BCUT2D eigenvalue weighted by Crippen LogP contribution is 2.41. The first-order chi connectivity index (χ1) is 17.5. The lowest BCUT2D eigenvalue weighted by Gasteiger charge is -2.22. The molecular weight excluding hydrogens is 510 g/mol. The van der Waals surface area contributed by atoms with Gasteiger partial charge in [-0.15, -0.1) is 11.3 Å². The minimum absolute atomic E-state index is 0.130. The van der Waals surface area contributed by atoms with Crippen molar-refractivity contribution in [3.63, 3.8) is 0 Å². The summed E-state index contributed by atoms with van der Waals surface area (Å²) in [6, 6.07) is 13.5. The summed E-state index contributed by atoms with van der Waals surface area (Å²) in [5, 5.41) is 4.17. The average molecular weight is 538 g/mol. The van der Waals surface area contributed by atoms with Crippen molar-refractivity contribution in [2.24, 2.45) is 0 Å². The number of aromatic nitrogens is 2. The lowest BCUT2D eigenvalue weighted by molar-refractivity contribution is 0.0503. The molecule has 10 heteroatoms. The van der Waals surface area contributed by atoms with E-state index >= 15 is 0 Å². The summed E-state index contributed by atoms with van der Waals surface area (Å²) in [6.07, 6.45) is 2.32. The van der Waals surface area contributed by atoms with Crippen LogP contribution in [0.15, 0.2) is 59.6 Å². The number of ketones is 1. The van der Waals surface area contributed by atoms with Crippen LogP contribution < -0.4 is 5.32 Å². The number of carbonyl (C=O) groups is 2. The number of ether oxygens (including phenoxy) is 1. The summed E-state index contributed by atoms with van der Waals surface area (Å²) < 4.78 is 34.5. The summed E-state index contributed by atoms with van der Waals surface area (Å²) in [7, 11) is -3.97. The van der Waals surface area contributed by atoms with Crippen LogP contribution >= 0.6 is 11.3 Å². The van der Waals surface area contributed by atoms with Gasteiger partial charge in [0.2, 0.25) is 0 Å². The zero-order valence-electron chi connectivity index (χ0n) is 20.9. The number of Topliss-reactive ketones (excluding diaryl/α,β-unsaturated/α-hetero) is 1. The molecule has 0 fully saturated rings. The Morgan fingerprint density at radius 2 is 1.86 bits per heavy atom. The molecule has 2 aromatic heterocycles. The number of benzene rings is 2. The van der Waals surface area contributed by atoms with E-state index in [4.69, 9.17) is 4.74 Å². The molecule has 1 amide bonds. The van der Waals surface area contributed by atoms with E-state index in [1.807, 2.05) is 32.9 Å². The van der Waals surface area contributed by atoms with Crippen molar-refractivity contribution >= 4 is 44.1 Å². The van der Waals surface area contributed by atoms with E-state index in [0.717, 1.165) is 27.8 Å². The van der Waals surface area contributed by atoms with E-state index in [0.29, 0.717) is 33.9 Å². The van der Waals surface area contributed by atoms with E-state index in [1.54, 1.807) is 36.4 Å². The van der Waals surface area contributed by atoms with Crippen molar-refractivity contribution < 1.29 is 22.7 Å². The fourth-order valence-corrected chi connectivity index (χ4v) is 7.05. The molecule has 1 aliphatic rings. The monoisotopic (exact) mass is 537 g/mol. The first kappa shape index (κ1) is 25.2. The topological polar surface area (TPSA) is 107 Å². The third kappa shape index (κ3) is 4.67.